The number of aromatic nitrogens is 4. The molecule has 2 heterocycles. The van der Waals surface area contributed by atoms with Crippen molar-refractivity contribution in [2.24, 2.45) is 5.92 Å². The highest BCUT2D eigenvalue weighted by Gasteiger charge is 2.15. The number of nitrogens with one attached hydrogen (secondary N) is 1. The molecule has 0 saturated carbocycles. The van der Waals surface area contributed by atoms with Crippen molar-refractivity contribution in [2.75, 3.05) is 13.1 Å². The van der Waals surface area contributed by atoms with Crippen molar-refractivity contribution in [3.63, 3.8) is 0 Å². The van der Waals surface area contributed by atoms with Crippen LogP contribution >= 0.6 is 0 Å². The highest BCUT2D eigenvalue weighted by Crippen LogP contribution is 2.15. The first kappa shape index (κ1) is 11.3. The van der Waals surface area contributed by atoms with E-state index in [0.717, 1.165) is 25.2 Å². The Morgan fingerprint density at radius 1 is 1.17 bits per heavy atom. The molecule has 2 aromatic rings. The van der Waals surface area contributed by atoms with E-state index in [4.69, 9.17) is 0 Å². The largest absolute Gasteiger partial charge is 0.317 e. The minimum absolute atomic E-state index is 0.670. The molecule has 1 aromatic carbocycles. The van der Waals surface area contributed by atoms with Gasteiger partial charge in [-0.05, 0) is 37.1 Å². The Kier molecular flexibility index (Phi) is 3.32. The molecule has 18 heavy (non-hydrogen) atoms. The average Bonchev–Trinajstić information content (AvgIpc) is 2.89. The second-order valence-electron chi connectivity index (χ2n) is 4.73. The minimum Gasteiger partial charge on any atom is -0.317 e. The van der Waals surface area contributed by atoms with Crippen molar-refractivity contribution in [1.82, 2.24) is 25.5 Å². The summed E-state index contributed by atoms with van der Waals surface area (Å²) in [5, 5.41) is 16.1. The Morgan fingerprint density at radius 2 is 1.94 bits per heavy atom. The fraction of sp³-hybridized carbons (Fsp3) is 0.462. The van der Waals surface area contributed by atoms with E-state index >= 15 is 0 Å². The van der Waals surface area contributed by atoms with Gasteiger partial charge in [-0.3, -0.25) is 0 Å². The third kappa shape index (κ3) is 2.56. The Bertz CT molecular complexity index is 487. The molecule has 0 aliphatic carbocycles. The summed E-state index contributed by atoms with van der Waals surface area (Å²) in [4.78, 5) is 1.73. The summed E-state index contributed by atoms with van der Waals surface area (Å²) in [5.41, 5.74) is 1.02. The molecule has 0 amide bonds. The monoisotopic (exact) mass is 243 g/mol. The Balaban J connectivity index is 1.69. The standard InChI is InChI=1S/C13H17N5/c1-2-4-12(5-3-1)13-15-17-18(16-13)10-11-6-8-14-9-7-11/h1-5,11,14H,6-10H2. The van der Waals surface area contributed by atoms with Crippen LogP contribution < -0.4 is 5.32 Å². The quantitative estimate of drug-likeness (QED) is 0.884. The van der Waals surface area contributed by atoms with Gasteiger partial charge in [-0.2, -0.15) is 4.80 Å². The molecule has 3 rings (SSSR count). The molecule has 1 fully saturated rings. The number of piperidine rings is 1. The van der Waals surface area contributed by atoms with E-state index in [1.54, 1.807) is 4.80 Å². The van der Waals surface area contributed by atoms with E-state index in [2.05, 4.69) is 20.7 Å². The SMILES string of the molecule is c1ccc(-c2nnn(CC3CCNCC3)n2)cc1. The van der Waals surface area contributed by atoms with Crippen LogP contribution in [0.5, 0.6) is 0 Å². The molecule has 94 valence electrons. The van der Waals surface area contributed by atoms with Crippen molar-refractivity contribution in [1.29, 1.82) is 0 Å². The molecule has 1 aliphatic rings. The maximum absolute atomic E-state index is 4.45. The van der Waals surface area contributed by atoms with Crippen LogP contribution in [-0.2, 0) is 6.54 Å². The lowest BCUT2D eigenvalue weighted by atomic mass is 9.99. The number of hydrogen-bond donors (Lipinski definition) is 1. The molecular formula is C13H17N5. The van der Waals surface area contributed by atoms with Crippen molar-refractivity contribution >= 4 is 0 Å². The van der Waals surface area contributed by atoms with Crippen molar-refractivity contribution < 1.29 is 0 Å². The molecule has 1 aromatic heterocycles. The van der Waals surface area contributed by atoms with Crippen molar-refractivity contribution in [3.05, 3.63) is 30.3 Å². The summed E-state index contributed by atoms with van der Waals surface area (Å²) < 4.78 is 0. The molecule has 0 atom stereocenters. The van der Waals surface area contributed by atoms with Gasteiger partial charge in [-0.25, -0.2) is 0 Å². The highest BCUT2D eigenvalue weighted by molar-refractivity contribution is 5.52. The average molecular weight is 243 g/mol. The van der Waals surface area contributed by atoms with Crippen LogP contribution in [-0.4, -0.2) is 33.3 Å². The van der Waals surface area contributed by atoms with Crippen LogP contribution in [0.15, 0.2) is 30.3 Å². The molecule has 0 radical (unpaired) electrons. The number of benzene rings is 1. The molecule has 1 aliphatic heterocycles. The zero-order valence-electron chi connectivity index (χ0n) is 10.3. The van der Waals surface area contributed by atoms with Crippen LogP contribution in [0.1, 0.15) is 12.8 Å². The van der Waals surface area contributed by atoms with E-state index in [1.807, 2.05) is 30.3 Å². The third-order valence-corrected chi connectivity index (χ3v) is 3.37. The highest BCUT2D eigenvalue weighted by atomic mass is 15.6. The van der Waals surface area contributed by atoms with Gasteiger partial charge in [0, 0.05) is 5.56 Å². The molecule has 0 bridgehead atoms. The first-order chi connectivity index (χ1) is 8.92. The first-order valence-electron chi connectivity index (χ1n) is 6.46. The summed E-state index contributed by atoms with van der Waals surface area (Å²) in [6, 6.07) is 9.98. The van der Waals surface area contributed by atoms with Crippen molar-refractivity contribution in [2.45, 2.75) is 19.4 Å². The topological polar surface area (TPSA) is 55.6 Å². The van der Waals surface area contributed by atoms with Crippen molar-refractivity contribution in [3.8, 4) is 11.4 Å². The van der Waals surface area contributed by atoms with Crippen LogP contribution in [0.3, 0.4) is 0 Å². The van der Waals surface area contributed by atoms with E-state index in [1.165, 1.54) is 12.8 Å². The van der Waals surface area contributed by atoms with Gasteiger partial charge in [-0.15, -0.1) is 10.2 Å². The smallest absolute Gasteiger partial charge is 0.204 e. The maximum Gasteiger partial charge on any atom is 0.204 e. The fourth-order valence-corrected chi connectivity index (χ4v) is 2.32. The summed E-state index contributed by atoms with van der Waals surface area (Å²) in [6.45, 7) is 3.08. The normalized spacial score (nSPS) is 16.9. The number of tetrazole rings is 1. The molecule has 0 unspecified atom stereocenters. The summed E-state index contributed by atoms with van der Waals surface area (Å²) in [6.07, 6.45) is 2.39. The summed E-state index contributed by atoms with van der Waals surface area (Å²) in [7, 11) is 0. The third-order valence-electron chi connectivity index (χ3n) is 3.37. The van der Waals surface area contributed by atoms with Crippen LogP contribution in [0.25, 0.3) is 11.4 Å². The summed E-state index contributed by atoms with van der Waals surface area (Å²) >= 11 is 0. The Hall–Kier alpha value is -1.75. The second-order valence-corrected chi connectivity index (χ2v) is 4.73. The molecule has 0 spiro atoms. The van der Waals surface area contributed by atoms with E-state index in [9.17, 15) is 0 Å². The van der Waals surface area contributed by atoms with Gasteiger partial charge in [0.1, 0.15) is 0 Å². The van der Waals surface area contributed by atoms with Gasteiger partial charge in [0.25, 0.3) is 0 Å². The van der Waals surface area contributed by atoms with Gasteiger partial charge < -0.3 is 5.32 Å². The molecule has 5 heteroatoms. The van der Waals surface area contributed by atoms with Crippen LogP contribution in [0.2, 0.25) is 0 Å². The van der Waals surface area contributed by atoms with E-state index in [0.29, 0.717) is 11.7 Å². The predicted octanol–water partition coefficient (Wildman–Crippen LogP) is 1.34. The van der Waals surface area contributed by atoms with Gasteiger partial charge in [0.15, 0.2) is 0 Å². The zero-order chi connectivity index (χ0) is 12.2. The number of hydrogen-bond acceptors (Lipinski definition) is 4. The van der Waals surface area contributed by atoms with Gasteiger partial charge in [0.2, 0.25) is 5.82 Å². The maximum atomic E-state index is 4.45. The first-order valence-corrected chi connectivity index (χ1v) is 6.46. The zero-order valence-corrected chi connectivity index (χ0v) is 10.3. The molecule has 1 N–H and O–H groups in total. The Labute approximate surface area is 106 Å². The number of rotatable bonds is 3. The lowest BCUT2D eigenvalue weighted by Crippen LogP contribution is -2.30. The van der Waals surface area contributed by atoms with Gasteiger partial charge >= 0.3 is 0 Å². The fourth-order valence-electron chi connectivity index (χ4n) is 2.32. The van der Waals surface area contributed by atoms with E-state index < -0.39 is 0 Å². The van der Waals surface area contributed by atoms with Crippen LogP contribution in [0.4, 0.5) is 0 Å². The van der Waals surface area contributed by atoms with Gasteiger partial charge in [0.05, 0.1) is 6.54 Å². The lowest BCUT2D eigenvalue weighted by Gasteiger charge is -2.21. The Morgan fingerprint density at radius 3 is 2.72 bits per heavy atom. The predicted molar refractivity (Wildman–Crippen MR) is 68.8 cm³/mol. The summed E-state index contributed by atoms with van der Waals surface area (Å²) in [5.74, 6) is 1.38. The van der Waals surface area contributed by atoms with Gasteiger partial charge in [-0.1, -0.05) is 30.3 Å². The van der Waals surface area contributed by atoms with E-state index in [-0.39, 0.29) is 0 Å². The minimum atomic E-state index is 0.670. The van der Waals surface area contributed by atoms with Crippen LogP contribution in [0, 0.1) is 5.92 Å². The molecule has 5 nitrogen and oxygen atoms in total. The second kappa shape index (κ2) is 5.27. The number of nitrogens with zero attached hydrogens (tertiary/aromatic N) is 4. The lowest BCUT2D eigenvalue weighted by molar-refractivity contribution is 0.303. The molecular weight excluding hydrogens is 226 g/mol. The molecule has 1 saturated heterocycles.